The molecule has 0 unspecified atom stereocenters. The SMILES string of the molecule is COC1=C(OC)C(=O)C(Cc2ccc(C(=O)NC(C)C)cc2)=C(C)C1=O.COC1=C(OC)C(=O)C(Cc2ccc(C(=O)O)cc2)=C(C)C1=O. The fourth-order valence-electron chi connectivity index (χ4n) is 5.10. The number of carbonyl (C=O) groups excluding carboxylic acids is 5. The van der Waals surface area contributed by atoms with Crippen LogP contribution in [0, 0.1) is 0 Å². The summed E-state index contributed by atoms with van der Waals surface area (Å²) in [7, 11) is 5.28. The van der Waals surface area contributed by atoms with Gasteiger partial charge in [0.25, 0.3) is 5.91 Å². The largest absolute Gasteiger partial charge is 0.489 e. The van der Waals surface area contributed by atoms with Gasteiger partial charge in [0.05, 0.1) is 34.0 Å². The maximum atomic E-state index is 12.6. The third kappa shape index (κ3) is 8.39. The Bertz CT molecular complexity index is 1800. The van der Waals surface area contributed by atoms with Crippen molar-refractivity contribution in [3.05, 3.63) is 116 Å². The number of aromatic carboxylic acids is 1. The van der Waals surface area contributed by atoms with E-state index in [0.29, 0.717) is 27.9 Å². The van der Waals surface area contributed by atoms with E-state index >= 15 is 0 Å². The first-order valence-electron chi connectivity index (χ1n) is 15.1. The molecule has 2 N–H and O–H groups in total. The van der Waals surface area contributed by atoms with Crippen molar-refractivity contribution in [1.82, 2.24) is 5.32 Å². The van der Waals surface area contributed by atoms with E-state index < -0.39 is 11.8 Å². The van der Waals surface area contributed by atoms with E-state index in [1.165, 1.54) is 40.6 Å². The van der Waals surface area contributed by atoms with Gasteiger partial charge in [0.2, 0.25) is 46.2 Å². The van der Waals surface area contributed by atoms with E-state index in [-0.39, 0.29) is 70.7 Å². The Morgan fingerprint density at radius 2 is 0.918 bits per heavy atom. The quantitative estimate of drug-likeness (QED) is 0.327. The predicted octanol–water partition coefficient (Wildman–Crippen LogP) is 4.24. The molecule has 2 aromatic rings. The van der Waals surface area contributed by atoms with Gasteiger partial charge in [-0.25, -0.2) is 4.79 Å². The van der Waals surface area contributed by atoms with Crippen molar-refractivity contribution in [2.45, 2.75) is 46.6 Å². The lowest BCUT2D eigenvalue weighted by molar-refractivity contribution is -0.121. The number of allylic oxidation sites excluding steroid dienone is 4. The van der Waals surface area contributed by atoms with Crippen molar-refractivity contribution in [3.8, 4) is 0 Å². The van der Waals surface area contributed by atoms with Crippen molar-refractivity contribution in [2.75, 3.05) is 28.4 Å². The number of benzene rings is 2. The zero-order valence-corrected chi connectivity index (χ0v) is 28.6. The molecule has 4 rings (SSSR count). The molecular weight excluding hydrogens is 634 g/mol. The summed E-state index contributed by atoms with van der Waals surface area (Å²) >= 11 is 0. The Balaban J connectivity index is 0.000000267. The third-order valence-corrected chi connectivity index (χ3v) is 7.79. The minimum Gasteiger partial charge on any atom is -0.489 e. The van der Waals surface area contributed by atoms with E-state index in [4.69, 9.17) is 24.1 Å². The minimum atomic E-state index is -1.02. The summed E-state index contributed by atoms with van der Waals surface area (Å²) in [6, 6.07) is 13.1. The Hall–Kier alpha value is -5.78. The van der Waals surface area contributed by atoms with Gasteiger partial charge in [0, 0.05) is 46.7 Å². The molecule has 0 radical (unpaired) electrons. The summed E-state index contributed by atoms with van der Waals surface area (Å²) in [6.07, 6.45) is 0.479. The molecule has 0 saturated carbocycles. The molecule has 0 fully saturated rings. The van der Waals surface area contributed by atoms with Crippen molar-refractivity contribution >= 4 is 35.0 Å². The second-order valence-corrected chi connectivity index (χ2v) is 11.3. The van der Waals surface area contributed by atoms with Gasteiger partial charge < -0.3 is 29.4 Å². The molecule has 2 aliphatic rings. The van der Waals surface area contributed by atoms with Crippen LogP contribution >= 0.6 is 0 Å². The molecule has 12 nitrogen and oxygen atoms in total. The number of ether oxygens (including phenoxy) is 4. The average Bonchev–Trinajstić information content (AvgIpc) is 3.08. The number of carbonyl (C=O) groups is 6. The number of hydrogen-bond donors (Lipinski definition) is 2. The highest BCUT2D eigenvalue weighted by Gasteiger charge is 2.35. The number of Topliss-reactive ketones (excluding diaryl/α,β-unsaturated/α-hetero) is 4. The molecule has 0 aliphatic heterocycles. The molecule has 0 aromatic heterocycles. The zero-order chi connectivity index (χ0) is 36.6. The Labute approximate surface area is 284 Å². The van der Waals surface area contributed by atoms with Crippen molar-refractivity contribution < 1.29 is 52.8 Å². The highest BCUT2D eigenvalue weighted by molar-refractivity contribution is 6.24. The lowest BCUT2D eigenvalue weighted by Crippen LogP contribution is -2.30. The van der Waals surface area contributed by atoms with E-state index in [9.17, 15) is 28.8 Å². The molecule has 12 heteroatoms. The number of carboxylic acid groups (broad SMARTS) is 1. The lowest BCUT2D eigenvalue weighted by Gasteiger charge is -2.20. The second-order valence-electron chi connectivity index (χ2n) is 11.3. The minimum absolute atomic E-state index is 0.0510. The van der Waals surface area contributed by atoms with Crippen LogP contribution in [-0.4, -0.2) is 74.6 Å². The first kappa shape index (κ1) is 37.7. The van der Waals surface area contributed by atoms with Gasteiger partial charge in [-0.1, -0.05) is 24.3 Å². The van der Waals surface area contributed by atoms with Gasteiger partial charge in [-0.2, -0.15) is 0 Å². The fourth-order valence-corrected chi connectivity index (χ4v) is 5.10. The van der Waals surface area contributed by atoms with E-state index in [2.05, 4.69) is 5.32 Å². The predicted molar refractivity (Wildman–Crippen MR) is 177 cm³/mol. The van der Waals surface area contributed by atoms with Crippen LogP contribution < -0.4 is 5.32 Å². The molecule has 0 atom stereocenters. The van der Waals surface area contributed by atoms with Crippen LogP contribution in [0.1, 0.15) is 59.5 Å². The van der Waals surface area contributed by atoms with Gasteiger partial charge in [-0.15, -0.1) is 0 Å². The zero-order valence-electron chi connectivity index (χ0n) is 28.6. The molecule has 2 aromatic carbocycles. The number of ketones is 4. The first-order valence-corrected chi connectivity index (χ1v) is 15.1. The van der Waals surface area contributed by atoms with Crippen LogP contribution in [0.4, 0.5) is 0 Å². The summed E-state index contributed by atoms with van der Waals surface area (Å²) in [6.45, 7) is 6.95. The first-order chi connectivity index (χ1) is 23.2. The third-order valence-electron chi connectivity index (χ3n) is 7.79. The van der Waals surface area contributed by atoms with Gasteiger partial charge in [-0.3, -0.25) is 24.0 Å². The number of methoxy groups -OCH3 is 4. The summed E-state index contributed by atoms with van der Waals surface area (Å²) in [5, 5.41) is 11.7. The molecule has 0 saturated heterocycles. The number of rotatable bonds is 11. The van der Waals surface area contributed by atoms with Crippen LogP contribution in [0.15, 0.2) is 93.9 Å². The standard InChI is InChI=1S/C20H23NO5.C17H16O6/c1-11(2)21-20(24)14-8-6-13(7-9-14)10-15-12(3)16(22)18(25-4)19(26-5)17(15)23;1-9-12(8-10-4-6-11(7-5-10)17(20)21)14(19)16(23-3)15(22-2)13(9)18/h6-9,11H,10H2,1-5H3,(H,21,24);4-7H,8H2,1-3H3,(H,20,21). The molecule has 0 bridgehead atoms. The summed E-state index contributed by atoms with van der Waals surface area (Å²) < 4.78 is 20.1. The number of carboxylic acids is 1. The van der Waals surface area contributed by atoms with E-state index in [0.717, 1.165) is 11.1 Å². The summed E-state index contributed by atoms with van der Waals surface area (Å²) in [5.41, 5.74) is 3.56. The monoisotopic (exact) mass is 673 g/mol. The van der Waals surface area contributed by atoms with Crippen LogP contribution in [0.3, 0.4) is 0 Å². The van der Waals surface area contributed by atoms with Gasteiger partial charge in [0.1, 0.15) is 0 Å². The van der Waals surface area contributed by atoms with Crippen LogP contribution in [0.25, 0.3) is 0 Å². The molecule has 49 heavy (non-hydrogen) atoms. The van der Waals surface area contributed by atoms with Crippen LogP contribution in [0.5, 0.6) is 0 Å². The maximum absolute atomic E-state index is 12.6. The Kier molecular flexibility index (Phi) is 12.6. The van der Waals surface area contributed by atoms with Gasteiger partial charge in [-0.05, 0) is 63.1 Å². The molecule has 0 heterocycles. The average molecular weight is 674 g/mol. The fraction of sp³-hybridized carbons (Fsp3) is 0.297. The van der Waals surface area contributed by atoms with Crippen molar-refractivity contribution in [1.29, 1.82) is 0 Å². The number of hydrogen-bond acceptors (Lipinski definition) is 10. The topological polar surface area (TPSA) is 172 Å². The molecule has 2 aliphatic carbocycles. The van der Waals surface area contributed by atoms with Crippen LogP contribution in [0.2, 0.25) is 0 Å². The highest BCUT2D eigenvalue weighted by atomic mass is 16.5. The van der Waals surface area contributed by atoms with E-state index in [1.54, 1.807) is 50.2 Å². The molecule has 258 valence electrons. The normalized spacial score (nSPS) is 15.0. The van der Waals surface area contributed by atoms with Gasteiger partial charge in [0.15, 0.2) is 0 Å². The van der Waals surface area contributed by atoms with Crippen LogP contribution in [-0.2, 0) is 51.0 Å². The van der Waals surface area contributed by atoms with E-state index in [1.807, 2.05) is 13.8 Å². The highest BCUT2D eigenvalue weighted by Crippen LogP contribution is 2.29. The maximum Gasteiger partial charge on any atom is 0.335 e. The number of nitrogens with one attached hydrogen (secondary N) is 1. The second kappa shape index (κ2) is 16.4. The molecular formula is C37H39NO11. The number of amides is 1. The summed E-state index contributed by atoms with van der Waals surface area (Å²) in [5.74, 6) is -3.03. The Morgan fingerprint density at radius 3 is 1.22 bits per heavy atom. The van der Waals surface area contributed by atoms with Crippen molar-refractivity contribution in [2.24, 2.45) is 0 Å². The summed E-state index contributed by atoms with van der Waals surface area (Å²) in [4.78, 5) is 72.7. The smallest absolute Gasteiger partial charge is 0.335 e. The lowest BCUT2D eigenvalue weighted by atomic mass is 9.88. The molecule has 0 spiro atoms. The molecule has 1 amide bonds. The van der Waals surface area contributed by atoms with Gasteiger partial charge >= 0.3 is 5.97 Å². The van der Waals surface area contributed by atoms with Crippen molar-refractivity contribution in [3.63, 3.8) is 0 Å². The Morgan fingerprint density at radius 1 is 0.592 bits per heavy atom.